The SMILES string of the molecule is CC(=O)N[C@@H]1[C@@H](O[C@@H]2O[C@H](CO[C@@H]3O[C@H](CO)[C@@H](O)[C@H](O)[C@H]3NC(C)=O)[C@H](O)[C@H](O[C@@H]3O[C@H](CO)[C@@H](O[C@@H]4O[C@H](CO)[C@H](O)[C@H](O)[C@H]4O[C@@H]4O[C@@H](C)[C@@H](O)[C@@H](O)[C@@H]4O)[C@H](O)[C@H]3NC(C)=O)[C@H]2O)[C@H](O)[C@@H](CO[C@@H]2O[C@H](CO)[C@@H](O[C@@H]3O[C@H](CO)[C@H](O)[C@H](O)[C@H]3O[C@@H]3O[C@@H](C)[C@@H](O)[C@@H](O)[C@@H]3O)[C@H](O)[C@H]2NC(C)=O)O[C@H]1O. The van der Waals surface area contributed by atoms with Gasteiger partial charge in [0, 0.05) is 27.7 Å². The van der Waals surface area contributed by atoms with Gasteiger partial charge in [0.05, 0.1) is 58.5 Å². The summed E-state index contributed by atoms with van der Waals surface area (Å²) in [5.74, 6) is -3.59. The number of aliphatic hydroxyl groups is 23. The minimum Gasteiger partial charge on any atom is -0.394 e. The highest BCUT2D eigenvalue weighted by Gasteiger charge is 2.60. The summed E-state index contributed by atoms with van der Waals surface area (Å²) in [7, 11) is 0. The zero-order valence-electron chi connectivity index (χ0n) is 59.8. The van der Waals surface area contributed by atoms with Crippen LogP contribution in [0.3, 0.4) is 0 Å². The molecule has 9 aliphatic rings. The van der Waals surface area contributed by atoms with Crippen LogP contribution in [0, 0.1) is 0 Å². The molecule has 0 bridgehead atoms. The lowest BCUT2D eigenvalue weighted by atomic mass is 9.93. The maximum absolute atomic E-state index is 13.1. The summed E-state index contributed by atoms with van der Waals surface area (Å²) in [5.41, 5.74) is 0. The van der Waals surface area contributed by atoms with Crippen molar-refractivity contribution in [2.45, 2.75) is 318 Å². The minimum absolute atomic E-state index is 0.809. The smallest absolute Gasteiger partial charge is 0.217 e. The quantitative estimate of drug-likeness (QED) is 0.0363. The Hall–Kier alpha value is -3.72. The fraction of sp³-hybridized carbons (Fsp3) is 0.935. The number of ether oxygens (including phenoxy) is 17. The van der Waals surface area contributed by atoms with Crippen molar-refractivity contribution in [2.75, 3.05) is 46.2 Å². The minimum atomic E-state index is -2.48. The van der Waals surface area contributed by atoms with E-state index in [9.17, 15) is 137 Å². The van der Waals surface area contributed by atoms with Gasteiger partial charge in [-0.25, -0.2) is 0 Å². The topological polar surface area (TPSA) is 739 Å². The first-order valence-corrected chi connectivity index (χ1v) is 35.3. The lowest BCUT2D eigenvalue weighted by Crippen LogP contribution is -2.71. The highest BCUT2D eigenvalue weighted by atomic mass is 16.8. The number of hydrogen-bond donors (Lipinski definition) is 27. The fourth-order valence-electron chi connectivity index (χ4n) is 14.2. The summed E-state index contributed by atoms with van der Waals surface area (Å²) < 4.78 is 100. The van der Waals surface area contributed by atoms with Crippen LogP contribution in [0.1, 0.15) is 41.5 Å². The molecule has 0 saturated carbocycles. The number of aliphatic hydroxyl groups excluding tert-OH is 23. The summed E-state index contributed by atoms with van der Waals surface area (Å²) in [5, 5.41) is 265. The van der Waals surface area contributed by atoms with Gasteiger partial charge in [0.1, 0.15) is 207 Å². The van der Waals surface area contributed by atoms with Crippen LogP contribution in [-0.4, -0.2) is 463 Å². The van der Waals surface area contributed by atoms with Crippen LogP contribution in [0.15, 0.2) is 0 Å². The van der Waals surface area contributed by atoms with Crippen molar-refractivity contribution in [1.82, 2.24) is 21.3 Å². The van der Waals surface area contributed by atoms with Crippen molar-refractivity contribution in [3.63, 3.8) is 0 Å². The zero-order chi connectivity index (χ0) is 81.1. The van der Waals surface area contributed by atoms with Crippen molar-refractivity contribution in [3.8, 4) is 0 Å². The second-order valence-corrected chi connectivity index (χ2v) is 28.2. The van der Waals surface area contributed by atoms with Gasteiger partial charge in [-0.05, 0) is 13.8 Å². The third-order valence-corrected chi connectivity index (χ3v) is 20.3. The van der Waals surface area contributed by atoms with E-state index in [4.69, 9.17) is 80.5 Å². The average molecular weight is 1610 g/mol. The van der Waals surface area contributed by atoms with E-state index in [1.165, 1.54) is 13.8 Å². The van der Waals surface area contributed by atoms with Gasteiger partial charge in [-0.2, -0.15) is 0 Å². The largest absolute Gasteiger partial charge is 0.394 e. The van der Waals surface area contributed by atoms with Crippen molar-refractivity contribution < 1.29 is 217 Å². The Morgan fingerprint density at radius 2 is 0.555 bits per heavy atom. The molecule has 9 heterocycles. The number of nitrogens with one attached hydrogen (secondary N) is 4. The highest BCUT2D eigenvalue weighted by molar-refractivity contribution is 5.74. The third kappa shape index (κ3) is 19.9. The molecule has 636 valence electrons. The van der Waals surface area contributed by atoms with Gasteiger partial charge in [-0.1, -0.05) is 0 Å². The predicted octanol–water partition coefficient (Wildman–Crippen LogP) is -18.0. The number of carbonyl (C=O) groups is 4. The van der Waals surface area contributed by atoms with E-state index in [0.717, 1.165) is 27.7 Å². The van der Waals surface area contributed by atoms with E-state index in [1.54, 1.807) is 0 Å². The van der Waals surface area contributed by atoms with Crippen LogP contribution >= 0.6 is 0 Å². The molecule has 48 nitrogen and oxygen atoms in total. The molecule has 9 rings (SSSR count). The van der Waals surface area contributed by atoms with Crippen LogP contribution in [-0.2, 0) is 99.7 Å². The van der Waals surface area contributed by atoms with Gasteiger partial charge in [0.2, 0.25) is 23.6 Å². The predicted molar refractivity (Wildman–Crippen MR) is 341 cm³/mol. The average Bonchev–Trinajstić information content (AvgIpc) is 0.768. The molecule has 45 atom stereocenters. The fourth-order valence-corrected chi connectivity index (χ4v) is 14.2. The van der Waals surface area contributed by atoms with Crippen LogP contribution in [0.25, 0.3) is 0 Å². The maximum Gasteiger partial charge on any atom is 0.217 e. The van der Waals surface area contributed by atoms with Gasteiger partial charge >= 0.3 is 0 Å². The van der Waals surface area contributed by atoms with E-state index in [0.29, 0.717) is 0 Å². The maximum atomic E-state index is 13.1. The molecule has 110 heavy (non-hydrogen) atoms. The second-order valence-electron chi connectivity index (χ2n) is 28.2. The first-order valence-electron chi connectivity index (χ1n) is 35.3. The van der Waals surface area contributed by atoms with Gasteiger partial charge in [-0.15, -0.1) is 0 Å². The summed E-state index contributed by atoms with van der Waals surface area (Å²) in [4.78, 5) is 51.4. The zero-order valence-corrected chi connectivity index (χ0v) is 59.8. The summed E-state index contributed by atoms with van der Waals surface area (Å²) >= 11 is 0. The van der Waals surface area contributed by atoms with Crippen molar-refractivity contribution in [3.05, 3.63) is 0 Å². The third-order valence-electron chi connectivity index (χ3n) is 20.3. The molecule has 27 N–H and O–H groups in total. The van der Waals surface area contributed by atoms with Gasteiger partial charge in [0.25, 0.3) is 0 Å². The summed E-state index contributed by atoms with van der Waals surface area (Å²) in [6, 6.07) is -7.35. The molecular formula is C62H104N4O44. The van der Waals surface area contributed by atoms with Crippen LogP contribution in [0.5, 0.6) is 0 Å². The summed E-state index contributed by atoms with van der Waals surface area (Å²) in [6.45, 7) is -0.740. The Kier molecular flexibility index (Phi) is 32.0. The van der Waals surface area contributed by atoms with Gasteiger partial charge in [0.15, 0.2) is 56.6 Å². The van der Waals surface area contributed by atoms with Crippen molar-refractivity contribution in [1.29, 1.82) is 0 Å². The molecule has 0 spiro atoms. The van der Waals surface area contributed by atoms with Gasteiger partial charge in [-0.3, -0.25) is 19.2 Å². The number of hydrogen-bond acceptors (Lipinski definition) is 44. The molecule has 0 aliphatic carbocycles. The van der Waals surface area contributed by atoms with Crippen LogP contribution in [0.2, 0.25) is 0 Å². The number of rotatable bonds is 27. The van der Waals surface area contributed by atoms with Crippen LogP contribution < -0.4 is 21.3 Å². The van der Waals surface area contributed by atoms with Crippen LogP contribution in [0.4, 0.5) is 0 Å². The molecule has 9 fully saturated rings. The summed E-state index contributed by atoms with van der Waals surface area (Å²) in [6.07, 6.45) is -80.2. The standard InChI is InChI=1S/C62H104N4O44/c1-14-31(76)41(86)45(90)58(96-14)109-52-43(88)34(79)21(8-68)100-61(52)105-48-23(10-70)102-56(28(39(48)84)64-17(4)73)94-12-25-36(81)50(30(54(93)98-25)66-19(6)75)107-60-47(92)51(37(82)26(104-60)13-95-55-27(63-16(3)72)38(83)33(78)20(7-67)99-55)108-57-29(65-18(5)74)40(85)49(24(11-71)103-57)106-62-53(44(89)35(80)22(9-69)101-62)110-59-46(91)42(87)32(77)15(2)97-59/h14-15,20-62,67-71,76-93H,7-13H2,1-6H3,(H,63,72)(H,64,73)(H,65,74)(H,66,75)/t14-,15-,20+,21+,22+,23+,24+,25+,26+,27+,28+,29+,30+,31+,32+,33+,34-,35-,36+,37-,38+,39+,40+,41+,42+,43-,44-,45-,46-,47+,48+,49+,50+,51-,52+,53+,54+,55+,56+,57-,58-,59-,60-,61-,62-/m0/s1. The van der Waals surface area contributed by atoms with E-state index in [-0.39, 0.29) is 0 Å². The monoisotopic (exact) mass is 1610 g/mol. The first kappa shape index (κ1) is 90.2. The molecule has 0 aromatic heterocycles. The molecule has 9 aliphatic heterocycles. The lowest BCUT2D eigenvalue weighted by molar-refractivity contribution is -0.391. The Balaban J connectivity index is 0.989. The molecule has 0 aromatic carbocycles. The lowest BCUT2D eigenvalue weighted by Gasteiger charge is -2.51. The molecule has 4 amide bonds. The molecule has 9 saturated heterocycles. The van der Waals surface area contributed by atoms with E-state index < -0.39 is 346 Å². The Morgan fingerprint density at radius 3 is 0.964 bits per heavy atom. The van der Waals surface area contributed by atoms with Crippen molar-refractivity contribution in [2.24, 2.45) is 0 Å². The van der Waals surface area contributed by atoms with E-state index in [2.05, 4.69) is 21.3 Å². The second kappa shape index (κ2) is 39.0. The number of amides is 4. The van der Waals surface area contributed by atoms with E-state index >= 15 is 0 Å². The molecule has 0 aromatic rings. The molecular weight excluding hydrogens is 1500 g/mol. The highest BCUT2D eigenvalue weighted by Crippen LogP contribution is 2.39. The normalized spacial score (nSPS) is 49.6. The molecule has 0 unspecified atom stereocenters. The Bertz CT molecular complexity index is 2940. The van der Waals surface area contributed by atoms with E-state index in [1.807, 2.05) is 0 Å². The first-order chi connectivity index (χ1) is 51.9. The van der Waals surface area contributed by atoms with Crippen molar-refractivity contribution >= 4 is 23.6 Å². The Labute approximate surface area is 624 Å². The molecule has 0 radical (unpaired) electrons. The number of carbonyl (C=O) groups excluding carboxylic acids is 4. The Morgan fingerprint density at radius 1 is 0.255 bits per heavy atom. The van der Waals surface area contributed by atoms with Gasteiger partial charge < -0.3 is 219 Å². The molecule has 48 heteroatoms.